The fourth-order valence-electron chi connectivity index (χ4n) is 5.75. The van der Waals surface area contributed by atoms with Crippen molar-refractivity contribution in [2.45, 2.75) is 75.0 Å². The zero-order valence-corrected chi connectivity index (χ0v) is 19.5. The molecular formula is C21H38B3N3O3. The summed E-state index contributed by atoms with van der Waals surface area (Å²) in [5.41, 5.74) is 0.370. The number of ether oxygens (including phenoxy) is 1. The van der Waals surface area contributed by atoms with Crippen LogP contribution in [0.15, 0.2) is 0 Å². The minimum atomic E-state index is -0.141. The quantitative estimate of drug-likeness (QED) is 0.631. The molecule has 0 bridgehead atoms. The highest BCUT2D eigenvalue weighted by Crippen LogP contribution is 2.50. The third-order valence-corrected chi connectivity index (χ3v) is 7.96. The van der Waals surface area contributed by atoms with Gasteiger partial charge in [0.05, 0.1) is 30.1 Å². The van der Waals surface area contributed by atoms with Crippen molar-refractivity contribution in [3.8, 4) is 0 Å². The standard InChI is InChI=1S/C21H38B3N3O3/c1-19(5-2-6-19)25-17(28)15-3-8-26(9-4-15)16-11-20(12-16)7-10-27(13-20)18(29)30-14-21(22,23)24/h15-16H,2-14,22-24H2,1H3,(H,25,28). The van der Waals surface area contributed by atoms with Gasteiger partial charge in [-0.1, -0.05) is 5.11 Å². The summed E-state index contributed by atoms with van der Waals surface area (Å²) < 4.78 is 5.52. The summed E-state index contributed by atoms with van der Waals surface area (Å²) >= 11 is 0. The third kappa shape index (κ3) is 4.86. The van der Waals surface area contributed by atoms with Gasteiger partial charge in [-0.2, -0.15) is 0 Å². The largest absolute Gasteiger partial charge is 0.451 e. The average Bonchev–Trinajstić information content (AvgIpc) is 3.09. The molecule has 9 heteroatoms. The maximum Gasteiger partial charge on any atom is 0.409 e. The van der Waals surface area contributed by atoms with Gasteiger partial charge in [0.2, 0.25) is 5.91 Å². The monoisotopic (exact) mass is 413 g/mol. The molecule has 4 fully saturated rings. The van der Waals surface area contributed by atoms with E-state index >= 15 is 0 Å². The van der Waals surface area contributed by atoms with Crippen LogP contribution in [0.5, 0.6) is 0 Å². The van der Waals surface area contributed by atoms with Gasteiger partial charge in [-0.15, -0.1) is 0 Å². The normalized spacial score (nSPS) is 31.8. The highest BCUT2D eigenvalue weighted by atomic mass is 16.6. The lowest BCUT2D eigenvalue weighted by Gasteiger charge is -2.51. The zero-order valence-electron chi connectivity index (χ0n) is 19.5. The number of amides is 2. The molecule has 4 rings (SSSR count). The van der Waals surface area contributed by atoms with E-state index in [1.54, 1.807) is 0 Å². The van der Waals surface area contributed by atoms with Crippen LogP contribution in [-0.2, 0) is 9.53 Å². The summed E-state index contributed by atoms with van der Waals surface area (Å²) in [4.78, 5) is 29.5. The molecule has 30 heavy (non-hydrogen) atoms. The number of nitrogens with zero attached hydrogens (tertiary/aromatic N) is 2. The molecule has 0 aromatic rings. The van der Waals surface area contributed by atoms with Crippen LogP contribution in [0.3, 0.4) is 0 Å². The molecule has 2 saturated heterocycles. The van der Waals surface area contributed by atoms with E-state index < -0.39 is 0 Å². The maximum atomic E-state index is 12.6. The summed E-state index contributed by atoms with van der Waals surface area (Å²) in [5, 5.41) is 3.31. The Labute approximate surface area is 184 Å². The van der Waals surface area contributed by atoms with Gasteiger partial charge in [-0.25, -0.2) is 4.79 Å². The lowest BCUT2D eigenvalue weighted by molar-refractivity contribution is -0.130. The number of likely N-dealkylation sites (tertiary alicyclic amines) is 2. The molecule has 2 amide bonds. The molecule has 2 saturated carbocycles. The van der Waals surface area contributed by atoms with Gasteiger partial charge in [-0.05, 0) is 76.8 Å². The molecule has 6 nitrogen and oxygen atoms in total. The Hall–Kier alpha value is -1.11. The van der Waals surface area contributed by atoms with E-state index in [1.807, 2.05) is 4.90 Å². The number of hydrogen-bond acceptors (Lipinski definition) is 4. The Bertz CT molecular complexity index is 666. The first kappa shape index (κ1) is 22.1. The molecule has 0 atom stereocenters. The molecule has 0 unspecified atom stereocenters. The molecule has 2 heterocycles. The fraction of sp³-hybridized carbons (Fsp3) is 0.905. The van der Waals surface area contributed by atoms with Crippen LogP contribution in [0.25, 0.3) is 0 Å². The molecule has 2 aliphatic carbocycles. The van der Waals surface area contributed by atoms with Crippen molar-refractivity contribution in [1.82, 2.24) is 15.1 Å². The zero-order chi connectivity index (χ0) is 21.6. The summed E-state index contributed by atoms with van der Waals surface area (Å²) in [5.74, 6) is 0.467. The Kier molecular flexibility index (Phi) is 5.97. The van der Waals surface area contributed by atoms with Crippen molar-refractivity contribution in [2.75, 3.05) is 32.8 Å². The lowest BCUT2D eigenvalue weighted by atomic mass is 9.43. The third-order valence-electron chi connectivity index (χ3n) is 7.96. The summed E-state index contributed by atoms with van der Waals surface area (Å²) in [6.07, 6.45) is 8.79. The van der Waals surface area contributed by atoms with E-state index in [-0.39, 0.29) is 28.6 Å². The molecular weight excluding hydrogens is 375 g/mol. The van der Waals surface area contributed by atoms with Gasteiger partial charge >= 0.3 is 6.09 Å². The maximum absolute atomic E-state index is 12.6. The smallest absolute Gasteiger partial charge is 0.409 e. The lowest BCUT2D eigenvalue weighted by Crippen LogP contribution is -2.56. The van der Waals surface area contributed by atoms with E-state index in [4.69, 9.17) is 4.74 Å². The van der Waals surface area contributed by atoms with E-state index in [0.717, 1.165) is 58.3 Å². The second kappa shape index (κ2) is 8.10. The number of carbonyl (C=O) groups excluding carboxylic acids is 2. The molecule has 164 valence electrons. The number of hydrogen-bond donors (Lipinski definition) is 1. The highest BCUT2D eigenvalue weighted by molar-refractivity contribution is 6.59. The van der Waals surface area contributed by atoms with Gasteiger partial charge in [0.1, 0.15) is 0 Å². The van der Waals surface area contributed by atoms with Crippen molar-refractivity contribution in [3.05, 3.63) is 0 Å². The molecule has 4 aliphatic rings. The van der Waals surface area contributed by atoms with Gasteiger partial charge in [0.15, 0.2) is 0 Å². The van der Waals surface area contributed by atoms with E-state index in [2.05, 4.69) is 40.7 Å². The summed E-state index contributed by atoms with van der Waals surface area (Å²) in [7, 11) is 6.26. The van der Waals surface area contributed by atoms with Crippen molar-refractivity contribution in [2.24, 2.45) is 11.3 Å². The van der Waals surface area contributed by atoms with Crippen LogP contribution >= 0.6 is 0 Å². The minimum Gasteiger partial charge on any atom is -0.451 e. The van der Waals surface area contributed by atoms with Gasteiger partial charge < -0.3 is 19.9 Å². The first-order chi connectivity index (χ1) is 14.1. The summed E-state index contributed by atoms with van der Waals surface area (Å²) in [6.45, 7) is 6.40. The Balaban J connectivity index is 1.17. The SMILES string of the molecule is BC(B)(B)COC(=O)N1CCC2(CC(N3CCC(C(=O)NC4(C)CCC4)CC3)C2)C1. The molecule has 0 radical (unpaired) electrons. The van der Waals surface area contributed by atoms with Crippen molar-refractivity contribution in [1.29, 1.82) is 0 Å². The van der Waals surface area contributed by atoms with E-state index in [1.165, 1.54) is 19.3 Å². The number of nitrogens with one attached hydrogen (secondary N) is 1. The fourth-order valence-corrected chi connectivity index (χ4v) is 5.75. The van der Waals surface area contributed by atoms with Crippen LogP contribution in [0, 0.1) is 11.3 Å². The van der Waals surface area contributed by atoms with Gasteiger partial charge in [0.25, 0.3) is 0 Å². The van der Waals surface area contributed by atoms with E-state index in [0.29, 0.717) is 18.1 Å². The predicted molar refractivity (Wildman–Crippen MR) is 126 cm³/mol. The highest BCUT2D eigenvalue weighted by Gasteiger charge is 2.51. The Morgan fingerprint density at radius 2 is 1.77 bits per heavy atom. The van der Waals surface area contributed by atoms with Crippen LogP contribution in [-0.4, -0.2) is 89.7 Å². The topological polar surface area (TPSA) is 61.9 Å². The van der Waals surface area contributed by atoms with Crippen LogP contribution in [0.1, 0.15) is 58.3 Å². The van der Waals surface area contributed by atoms with Crippen LogP contribution in [0.2, 0.25) is 5.11 Å². The van der Waals surface area contributed by atoms with Gasteiger partial charge in [0, 0.05) is 30.6 Å². The second-order valence-electron chi connectivity index (χ2n) is 12.1. The van der Waals surface area contributed by atoms with Crippen molar-refractivity contribution >= 4 is 35.5 Å². The predicted octanol–water partition coefficient (Wildman–Crippen LogP) is -0.279. The number of rotatable bonds is 5. The second-order valence-corrected chi connectivity index (χ2v) is 12.1. The average molecular weight is 413 g/mol. The molecule has 1 N–H and O–H groups in total. The molecule has 0 aromatic heterocycles. The Morgan fingerprint density at radius 3 is 2.33 bits per heavy atom. The number of carbonyl (C=O) groups is 2. The minimum absolute atomic E-state index is 0.00719. The summed E-state index contributed by atoms with van der Waals surface area (Å²) in [6, 6.07) is 0.628. The van der Waals surface area contributed by atoms with Crippen LogP contribution in [0.4, 0.5) is 4.79 Å². The molecule has 2 aliphatic heterocycles. The molecule has 0 aromatic carbocycles. The molecule has 1 spiro atoms. The van der Waals surface area contributed by atoms with Gasteiger partial charge in [-0.3, -0.25) is 4.79 Å². The Morgan fingerprint density at radius 1 is 1.10 bits per heavy atom. The number of piperidine rings is 1. The first-order valence-electron chi connectivity index (χ1n) is 12.0. The van der Waals surface area contributed by atoms with Crippen LogP contribution < -0.4 is 5.32 Å². The van der Waals surface area contributed by atoms with E-state index in [9.17, 15) is 9.59 Å². The van der Waals surface area contributed by atoms with Crippen molar-refractivity contribution < 1.29 is 14.3 Å². The van der Waals surface area contributed by atoms with Crippen molar-refractivity contribution in [3.63, 3.8) is 0 Å². The first-order valence-corrected chi connectivity index (χ1v) is 12.0.